The molecule has 0 aromatic carbocycles. The maximum atomic E-state index is 13.2. The fourth-order valence-corrected chi connectivity index (χ4v) is 3.95. The average molecular weight is 381 g/mol. The molecule has 1 saturated heterocycles. The lowest BCUT2D eigenvalue weighted by molar-refractivity contribution is 0.103. The van der Waals surface area contributed by atoms with E-state index in [1.54, 1.807) is 17.4 Å². The van der Waals surface area contributed by atoms with Gasteiger partial charge in [-0.3, -0.25) is 9.78 Å². The number of carbonyl (C=O) groups is 1. The number of rotatable bonds is 4. The number of aromatic nitrogens is 2. The second kappa shape index (κ2) is 7.98. The van der Waals surface area contributed by atoms with Gasteiger partial charge in [-0.05, 0) is 60.5 Å². The Bertz CT molecular complexity index is 937. The van der Waals surface area contributed by atoms with Crippen LogP contribution in [0.3, 0.4) is 0 Å². The lowest BCUT2D eigenvalue weighted by Gasteiger charge is -2.21. The maximum absolute atomic E-state index is 13.2. The van der Waals surface area contributed by atoms with Crippen LogP contribution in [0.5, 0.6) is 0 Å². The van der Waals surface area contributed by atoms with Crippen LogP contribution in [0.25, 0.3) is 11.1 Å². The van der Waals surface area contributed by atoms with Gasteiger partial charge < -0.3 is 10.2 Å². The van der Waals surface area contributed by atoms with Crippen LogP contribution in [-0.2, 0) is 0 Å². The Kier molecular flexibility index (Phi) is 5.27. The van der Waals surface area contributed by atoms with E-state index in [2.05, 4.69) is 25.6 Å². The van der Waals surface area contributed by atoms with E-state index < -0.39 is 0 Å². The van der Waals surface area contributed by atoms with E-state index >= 15 is 0 Å². The van der Waals surface area contributed by atoms with Gasteiger partial charge in [0, 0.05) is 44.1 Å². The van der Waals surface area contributed by atoms with Crippen LogP contribution >= 0.6 is 11.3 Å². The van der Waals surface area contributed by atoms with Crippen molar-refractivity contribution >= 4 is 22.9 Å². The molecule has 1 N–H and O–H groups in total. The molecule has 1 aliphatic rings. The van der Waals surface area contributed by atoms with Gasteiger partial charge in [0.05, 0.1) is 0 Å². The molecular weight excluding hydrogens is 356 g/mol. The molecule has 3 aromatic heterocycles. The van der Waals surface area contributed by atoms with Gasteiger partial charge in [-0.25, -0.2) is 4.98 Å². The summed E-state index contributed by atoms with van der Waals surface area (Å²) in [4.78, 5) is 24.5. The van der Waals surface area contributed by atoms with Gasteiger partial charge in [-0.15, -0.1) is 0 Å². The minimum absolute atomic E-state index is 0. The van der Waals surface area contributed by atoms with Gasteiger partial charge in [-0.2, -0.15) is 11.3 Å². The first-order chi connectivity index (χ1) is 13.2. The van der Waals surface area contributed by atoms with Crippen molar-refractivity contribution in [3.05, 3.63) is 64.2 Å². The third kappa shape index (κ3) is 3.91. The van der Waals surface area contributed by atoms with E-state index in [1.165, 1.54) is 0 Å². The Hall–Kier alpha value is -2.57. The van der Waals surface area contributed by atoms with Crippen LogP contribution in [0.1, 0.15) is 29.6 Å². The van der Waals surface area contributed by atoms with Crippen LogP contribution in [0.15, 0.2) is 47.3 Å². The predicted octanol–water partition coefficient (Wildman–Crippen LogP) is 3.79. The molecule has 4 heterocycles. The standard InChI is InChI=1S/C21H22N4OS.H2/c1-15-18(12-17(13-23-15)16-6-11-27-14-16)21(26)19-4-2-5-20(24-19)25-9-3-7-22-8-10-25;/h2,4-6,11-14,22H,3,7-10H2,1H3;1H. The van der Waals surface area contributed by atoms with Crippen molar-refractivity contribution in [2.75, 3.05) is 31.1 Å². The molecule has 0 atom stereocenters. The Balaban J connectivity index is 0.00000225. The van der Waals surface area contributed by atoms with Gasteiger partial charge in [0.1, 0.15) is 11.5 Å². The number of nitrogens with one attached hydrogen (secondary N) is 1. The molecule has 4 rings (SSSR count). The molecule has 27 heavy (non-hydrogen) atoms. The molecule has 0 amide bonds. The molecule has 6 heteroatoms. The lowest BCUT2D eigenvalue weighted by atomic mass is 10.0. The summed E-state index contributed by atoms with van der Waals surface area (Å²) in [6.45, 7) is 5.68. The lowest BCUT2D eigenvalue weighted by Crippen LogP contribution is -2.29. The molecule has 0 radical (unpaired) electrons. The maximum Gasteiger partial charge on any atom is 0.213 e. The Morgan fingerprint density at radius 3 is 3.00 bits per heavy atom. The zero-order valence-electron chi connectivity index (χ0n) is 15.3. The average Bonchev–Trinajstić information content (AvgIpc) is 3.10. The summed E-state index contributed by atoms with van der Waals surface area (Å²) in [6.07, 6.45) is 2.90. The molecule has 0 bridgehead atoms. The van der Waals surface area contributed by atoms with E-state index in [9.17, 15) is 4.79 Å². The van der Waals surface area contributed by atoms with Crippen molar-refractivity contribution < 1.29 is 6.22 Å². The zero-order valence-corrected chi connectivity index (χ0v) is 16.1. The minimum atomic E-state index is -0.0770. The van der Waals surface area contributed by atoms with Gasteiger partial charge >= 0.3 is 0 Å². The number of aryl methyl sites for hydroxylation is 1. The summed E-state index contributed by atoms with van der Waals surface area (Å²) in [7, 11) is 0. The number of ketones is 1. The minimum Gasteiger partial charge on any atom is -0.355 e. The molecule has 0 aliphatic carbocycles. The van der Waals surface area contributed by atoms with Crippen LogP contribution in [0, 0.1) is 6.92 Å². The summed E-state index contributed by atoms with van der Waals surface area (Å²) < 4.78 is 0. The van der Waals surface area contributed by atoms with Crippen LogP contribution in [-0.4, -0.2) is 41.9 Å². The summed E-state index contributed by atoms with van der Waals surface area (Å²) in [5.74, 6) is 0.788. The highest BCUT2D eigenvalue weighted by molar-refractivity contribution is 7.08. The first-order valence-corrected chi connectivity index (χ1v) is 10.1. The van der Waals surface area contributed by atoms with Gasteiger partial charge in [-0.1, -0.05) is 6.07 Å². The molecule has 1 fully saturated rings. The predicted molar refractivity (Wildman–Crippen MR) is 112 cm³/mol. The van der Waals surface area contributed by atoms with Crippen LogP contribution in [0.4, 0.5) is 5.82 Å². The molecule has 140 valence electrons. The fraction of sp³-hybridized carbons (Fsp3) is 0.286. The van der Waals surface area contributed by atoms with Crippen LogP contribution in [0.2, 0.25) is 0 Å². The number of anilines is 1. The molecule has 3 aromatic rings. The van der Waals surface area contributed by atoms with Crippen molar-refractivity contribution in [1.82, 2.24) is 15.3 Å². The number of nitrogens with zero attached hydrogens (tertiary/aromatic N) is 3. The van der Waals surface area contributed by atoms with Crippen LogP contribution < -0.4 is 10.2 Å². The summed E-state index contributed by atoms with van der Waals surface area (Å²) in [6, 6.07) is 9.65. The number of hydrogen-bond donors (Lipinski definition) is 1. The zero-order chi connectivity index (χ0) is 18.6. The van der Waals surface area contributed by atoms with Gasteiger partial charge in [0.15, 0.2) is 0 Å². The largest absolute Gasteiger partial charge is 0.355 e. The van der Waals surface area contributed by atoms with Crippen molar-refractivity contribution in [3.8, 4) is 11.1 Å². The molecular formula is C21H24N4OS. The first kappa shape index (κ1) is 17.8. The quantitative estimate of drug-likeness (QED) is 0.698. The number of hydrogen-bond acceptors (Lipinski definition) is 6. The van der Waals surface area contributed by atoms with Crippen molar-refractivity contribution in [3.63, 3.8) is 0 Å². The number of thiophene rings is 1. The normalized spacial score (nSPS) is 14.8. The third-order valence-electron chi connectivity index (χ3n) is 4.82. The highest BCUT2D eigenvalue weighted by Gasteiger charge is 2.18. The molecule has 0 spiro atoms. The monoisotopic (exact) mass is 380 g/mol. The Labute approximate surface area is 164 Å². The van der Waals surface area contributed by atoms with Crippen molar-refractivity contribution in [2.45, 2.75) is 13.3 Å². The Morgan fingerprint density at radius 2 is 2.15 bits per heavy atom. The third-order valence-corrected chi connectivity index (χ3v) is 5.50. The molecule has 0 unspecified atom stereocenters. The first-order valence-electron chi connectivity index (χ1n) is 9.19. The van der Waals surface area contributed by atoms with Gasteiger partial charge in [0.25, 0.3) is 0 Å². The Morgan fingerprint density at radius 1 is 1.22 bits per heavy atom. The van der Waals surface area contributed by atoms with E-state index in [1.807, 2.05) is 42.8 Å². The summed E-state index contributed by atoms with van der Waals surface area (Å²) in [5, 5.41) is 7.48. The molecule has 1 aliphatic heterocycles. The topological polar surface area (TPSA) is 58.1 Å². The molecule has 5 nitrogen and oxygen atoms in total. The van der Waals surface area contributed by atoms with E-state index in [4.69, 9.17) is 0 Å². The van der Waals surface area contributed by atoms with Crippen molar-refractivity contribution in [2.24, 2.45) is 0 Å². The second-order valence-electron chi connectivity index (χ2n) is 6.67. The van der Waals surface area contributed by atoms with E-state index in [0.29, 0.717) is 11.3 Å². The smallest absolute Gasteiger partial charge is 0.213 e. The van der Waals surface area contributed by atoms with E-state index in [0.717, 1.165) is 55.2 Å². The van der Waals surface area contributed by atoms with E-state index in [-0.39, 0.29) is 7.21 Å². The van der Waals surface area contributed by atoms with Gasteiger partial charge in [0.2, 0.25) is 5.78 Å². The summed E-state index contributed by atoms with van der Waals surface area (Å²) >= 11 is 1.63. The SMILES string of the molecule is Cc1ncc(-c2ccsc2)cc1C(=O)c1cccc(N2CCCNCC2)n1.[HH]. The van der Waals surface area contributed by atoms with Crippen molar-refractivity contribution in [1.29, 1.82) is 0 Å². The molecule has 0 saturated carbocycles. The number of carbonyl (C=O) groups excluding carboxylic acids is 1. The fourth-order valence-electron chi connectivity index (χ4n) is 3.29. The highest BCUT2D eigenvalue weighted by atomic mass is 32.1. The number of pyridine rings is 2. The highest BCUT2D eigenvalue weighted by Crippen LogP contribution is 2.24. The second-order valence-corrected chi connectivity index (χ2v) is 7.45. The summed E-state index contributed by atoms with van der Waals surface area (Å²) in [5.41, 5.74) is 3.85.